The monoisotopic (exact) mass is 183 g/mol. The van der Waals surface area contributed by atoms with Gasteiger partial charge in [0.2, 0.25) is 5.71 Å². The Bertz CT molecular complexity index is 412. The molecule has 0 bridgehead atoms. The summed E-state index contributed by atoms with van der Waals surface area (Å²) in [6, 6.07) is 3.18. The fraction of sp³-hybridized carbons (Fsp3) is 0.125. The lowest BCUT2D eigenvalue weighted by molar-refractivity contribution is 0.505. The van der Waals surface area contributed by atoms with Crippen molar-refractivity contribution in [3.63, 3.8) is 0 Å². The van der Waals surface area contributed by atoms with Gasteiger partial charge in [-0.15, -0.1) is 0 Å². The van der Waals surface area contributed by atoms with Gasteiger partial charge in [0.05, 0.1) is 6.20 Å². The molecule has 62 valence electrons. The smallest absolute Gasteiger partial charge is 0.227 e. The summed E-state index contributed by atoms with van der Waals surface area (Å²) in [6.45, 7) is 0. The summed E-state index contributed by atoms with van der Waals surface area (Å²) in [5.41, 5.74) is 0.487. The number of halogens is 1. The molecule has 0 unspecified atom stereocenters. The van der Waals surface area contributed by atoms with E-state index in [9.17, 15) is 4.39 Å². The zero-order valence-electron chi connectivity index (χ0n) is 6.37. The Hall–Kier alpha value is -1.03. The van der Waals surface area contributed by atoms with Crippen LogP contribution in [0.2, 0.25) is 0 Å². The van der Waals surface area contributed by atoms with Crippen LogP contribution in [0.25, 0.3) is 11.1 Å². The molecule has 0 saturated carbocycles. The number of hydrogen-bond acceptors (Lipinski definition) is 3. The topological polar surface area (TPSA) is 26.0 Å². The van der Waals surface area contributed by atoms with Gasteiger partial charge < -0.3 is 4.42 Å². The highest BCUT2D eigenvalue weighted by Gasteiger charge is 2.03. The molecule has 0 aliphatic rings. The summed E-state index contributed by atoms with van der Waals surface area (Å²) >= 11 is 1.47. The van der Waals surface area contributed by atoms with Gasteiger partial charge in [-0.05, 0) is 12.3 Å². The molecular formula is C8H6FNOS. The van der Waals surface area contributed by atoms with Crippen LogP contribution in [0.5, 0.6) is 0 Å². The Labute approximate surface area is 72.8 Å². The lowest BCUT2D eigenvalue weighted by Crippen LogP contribution is -1.75. The van der Waals surface area contributed by atoms with Gasteiger partial charge in [-0.25, -0.2) is 9.37 Å². The molecular weight excluding hydrogens is 177 g/mol. The van der Waals surface area contributed by atoms with Gasteiger partial charge >= 0.3 is 0 Å². The zero-order chi connectivity index (χ0) is 8.55. The van der Waals surface area contributed by atoms with Crippen molar-refractivity contribution in [1.82, 2.24) is 4.98 Å². The van der Waals surface area contributed by atoms with Crippen LogP contribution in [0.3, 0.4) is 0 Å². The molecule has 0 spiro atoms. The van der Waals surface area contributed by atoms with Gasteiger partial charge in [0.15, 0.2) is 5.09 Å². The van der Waals surface area contributed by atoms with E-state index in [-0.39, 0.29) is 5.82 Å². The molecule has 0 aliphatic carbocycles. The molecule has 0 aromatic carbocycles. The summed E-state index contributed by atoms with van der Waals surface area (Å²) in [5, 5.41) is 1.46. The van der Waals surface area contributed by atoms with E-state index < -0.39 is 0 Å². The standard InChI is InChI=1S/C8H6FNOS/c1-12-7-3-5-2-6(9)4-10-8(5)11-7/h2-4H,1H3. The molecule has 2 heterocycles. The van der Waals surface area contributed by atoms with Crippen molar-refractivity contribution in [1.29, 1.82) is 0 Å². The average molecular weight is 183 g/mol. The summed E-state index contributed by atoms with van der Waals surface area (Å²) in [5.74, 6) is -0.337. The van der Waals surface area contributed by atoms with Crippen LogP contribution in [0, 0.1) is 5.82 Å². The lowest BCUT2D eigenvalue weighted by atomic mass is 10.3. The first kappa shape index (κ1) is 7.61. The Morgan fingerprint density at radius 2 is 2.33 bits per heavy atom. The van der Waals surface area contributed by atoms with Crippen molar-refractivity contribution in [2.45, 2.75) is 5.09 Å². The van der Waals surface area contributed by atoms with Crippen molar-refractivity contribution >= 4 is 22.9 Å². The van der Waals surface area contributed by atoms with Gasteiger partial charge in [0, 0.05) is 11.5 Å². The van der Waals surface area contributed by atoms with E-state index >= 15 is 0 Å². The molecule has 0 amide bonds. The van der Waals surface area contributed by atoms with E-state index in [1.165, 1.54) is 17.8 Å². The predicted octanol–water partition coefficient (Wildman–Crippen LogP) is 2.69. The molecule has 2 aromatic rings. The number of fused-ring (bicyclic) bond motifs is 1. The predicted molar refractivity (Wildman–Crippen MR) is 45.7 cm³/mol. The van der Waals surface area contributed by atoms with E-state index in [1.807, 2.05) is 6.26 Å². The number of rotatable bonds is 1. The number of hydrogen-bond donors (Lipinski definition) is 0. The van der Waals surface area contributed by atoms with E-state index in [0.717, 1.165) is 11.3 Å². The molecule has 12 heavy (non-hydrogen) atoms. The second-order valence-electron chi connectivity index (χ2n) is 2.32. The number of aromatic nitrogens is 1. The normalized spacial score (nSPS) is 10.8. The zero-order valence-corrected chi connectivity index (χ0v) is 7.19. The molecule has 0 aliphatic heterocycles. The van der Waals surface area contributed by atoms with Crippen LogP contribution in [-0.4, -0.2) is 11.2 Å². The van der Waals surface area contributed by atoms with Crippen molar-refractivity contribution in [3.05, 3.63) is 24.1 Å². The first-order valence-electron chi connectivity index (χ1n) is 3.38. The maximum absolute atomic E-state index is 12.6. The lowest BCUT2D eigenvalue weighted by Gasteiger charge is -1.85. The van der Waals surface area contributed by atoms with Crippen LogP contribution >= 0.6 is 11.8 Å². The van der Waals surface area contributed by atoms with E-state index in [0.29, 0.717) is 11.1 Å². The third-order valence-corrected chi connectivity index (χ3v) is 2.12. The third kappa shape index (κ3) is 1.18. The Kier molecular flexibility index (Phi) is 1.77. The van der Waals surface area contributed by atoms with Crippen molar-refractivity contribution in [2.24, 2.45) is 0 Å². The molecule has 2 aromatic heterocycles. The first-order chi connectivity index (χ1) is 5.79. The summed E-state index contributed by atoms with van der Waals surface area (Å²) < 4.78 is 17.9. The Balaban J connectivity index is 2.67. The number of furan rings is 1. The van der Waals surface area contributed by atoms with Gasteiger partial charge in [0.25, 0.3) is 0 Å². The summed E-state index contributed by atoms with van der Waals surface area (Å²) in [7, 11) is 0. The van der Waals surface area contributed by atoms with Crippen LogP contribution in [-0.2, 0) is 0 Å². The first-order valence-corrected chi connectivity index (χ1v) is 4.61. The Morgan fingerprint density at radius 1 is 1.50 bits per heavy atom. The minimum absolute atomic E-state index is 0.337. The maximum Gasteiger partial charge on any atom is 0.227 e. The summed E-state index contributed by atoms with van der Waals surface area (Å²) in [6.07, 6.45) is 3.05. The molecule has 0 fully saturated rings. The average Bonchev–Trinajstić information content (AvgIpc) is 2.46. The number of pyridine rings is 1. The van der Waals surface area contributed by atoms with E-state index in [2.05, 4.69) is 4.98 Å². The van der Waals surface area contributed by atoms with Crippen molar-refractivity contribution in [3.8, 4) is 0 Å². The summed E-state index contributed by atoms with van der Waals surface area (Å²) in [4.78, 5) is 3.79. The van der Waals surface area contributed by atoms with E-state index in [4.69, 9.17) is 4.42 Å². The molecule has 0 atom stereocenters. The van der Waals surface area contributed by atoms with Crippen LogP contribution in [0.1, 0.15) is 0 Å². The Morgan fingerprint density at radius 3 is 3.08 bits per heavy atom. The molecule has 4 heteroatoms. The van der Waals surface area contributed by atoms with Crippen LogP contribution < -0.4 is 0 Å². The second kappa shape index (κ2) is 2.79. The largest absolute Gasteiger partial charge is 0.432 e. The van der Waals surface area contributed by atoms with Crippen molar-refractivity contribution in [2.75, 3.05) is 6.26 Å². The number of nitrogens with zero attached hydrogens (tertiary/aromatic N) is 1. The van der Waals surface area contributed by atoms with Gasteiger partial charge in [-0.2, -0.15) is 0 Å². The molecule has 2 rings (SSSR count). The van der Waals surface area contributed by atoms with Crippen LogP contribution in [0.4, 0.5) is 4.39 Å². The van der Waals surface area contributed by atoms with Gasteiger partial charge in [0.1, 0.15) is 5.82 Å². The van der Waals surface area contributed by atoms with Crippen LogP contribution in [0.15, 0.2) is 27.8 Å². The van der Waals surface area contributed by atoms with E-state index in [1.54, 1.807) is 6.07 Å². The molecule has 0 saturated heterocycles. The molecule has 0 N–H and O–H groups in total. The minimum atomic E-state index is -0.337. The highest BCUT2D eigenvalue weighted by atomic mass is 32.2. The fourth-order valence-corrected chi connectivity index (χ4v) is 1.39. The highest BCUT2D eigenvalue weighted by Crippen LogP contribution is 2.23. The minimum Gasteiger partial charge on any atom is -0.432 e. The molecule has 2 nitrogen and oxygen atoms in total. The number of thioether (sulfide) groups is 1. The quantitative estimate of drug-likeness (QED) is 0.636. The highest BCUT2D eigenvalue weighted by molar-refractivity contribution is 7.98. The van der Waals surface area contributed by atoms with Crippen molar-refractivity contribution < 1.29 is 8.81 Å². The SMILES string of the molecule is CSc1cc2cc(F)cnc2o1. The van der Waals surface area contributed by atoms with Gasteiger partial charge in [-0.3, -0.25) is 0 Å². The maximum atomic E-state index is 12.6. The third-order valence-electron chi connectivity index (χ3n) is 1.52. The fourth-order valence-electron chi connectivity index (χ4n) is 0.983. The molecule has 0 radical (unpaired) electrons. The van der Waals surface area contributed by atoms with Gasteiger partial charge in [-0.1, -0.05) is 11.8 Å². The second-order valence-corrected chi connectivity index (χ2v) is 3.13.